The smallest absolute Gasteiger partial charge is 0.227 e. The van der Waals surface area contributed by atoms with Crippen molar-refractivity contribution in [1.82, 2.24) is 4.90 Å². The highest BCUT2D eigenvalue weighted by atomic mass is 16.2. The van der Waals surface area contributed by atoms with Gasteiger partial charge in [-0.15, -0.1) is 0 Å². The van der Waals surface area contributed by atoms with E-state index in [1.165, 1.54) is 6.92 Å². The maximum absolute atomic E-state index is 11.2. The van der Waals surface area contributed by atoms with E-state index in [0.717, 1.165) is 12.1 Å². The van der Waals surface area contributed by atoms with E-state index in [1.54, 1.807) is 4.90 Å². The fourth-order valence-electron chi connectivity index (χ4n) is 1.25. The number of likely N-dealkylation sites (tertiary alicyclic amines) is 1. The number of hydrogen-bond donors (Lipinski definition) is 0. The van der Waals surface area contributed by atoms with Gasteiger partial charge in [-0.2, -0.15) is 0 Å². The number of carbonyl (C=O) groups excluding carboxylic acids is 2. The van der Waals surface area contributed by atoms with Crippen molar-refractivity contribution in [2.75, 3.05) is 6.54 Å². The highest BCUT2D eigenvalue weighted by Gasteiger charge is 2.23. The largest absolute Gasteiger partial charge is 0.316 e. The highest BCUT2D eigenvalue weighted by Crippen LogP contribution is 2.20. The molecule has 12 heavy (non-hydrogen) atoms. The molecule has 0 saturated carbocycles. The summed E-state index contributed by atoms with van der Waals surface area (Å²) >= 11 is 0. The monoisotopic (exact) mass is 167 g/mol. The number of hydrogen-bond acceptors (Lipinski definition) is 2. The molecule has 0 spiro atoms. The standard InChI is InChI=1S/C9H13NO2/c1-7-3-4-9(12)10(7)6-5-8(2)11/h1,3-6H2,2H3. The number of carbonyl (C=O) groups is 2. The van der Waals surface area contributed by atoms with Crippen LogP contribution < -0.4 is 0 Å². The van der Waals surface area contributed by atoms with E-state index < -0.39 is 0 Å². The zero-order valence-electron chi connectivity index (χ0n) is 7.30. The van der Waals surface area contributed by atoms with Crippen molar-refractivity contribution in [3.63, 3.8) is 0 Å². The van der Waals surface area contributed by atoms with E-state index in [9.17, 15) is 9.59 Å². The molecule has 0 atom stereocenters. The molecule has 0 aromatic carbocycles. The Kier molecular flexibility index (Phi) is 2.63. The van der Waals surface area contributed by atoms with Crippen LogP contribution in [0.15, 0.2) is 12.3 Å². The molecule has 0 unspecified atom stereocenters. The number of ketones is 1. The minimum atomic E-state index is 0.0984. The normalized spacial score (nSPS) is 17.2. The van der Waals surface area contributed by atoms with Crippen LogP contribution in [-0.4, -0.2) is 23.1 Å². The number of amides is 1. The first kappa shape index (κ1) is 8.97. The van der Waals surface area contributed by atoms with Gasteiger partial charge in [-0.3, -0.25) is 9.59 Å². The van der Waals surface area contributed by atoms with Gasteiger partial charge in [0.1, 0.15) is 5.78 Å². The molecule has 66 valence electrons. The van der Waals surface area contributed by atoms with Gasteiger partial charge in [-0.25, -0.2) is 0 Å². The first-order valence-corrected chi connectivity index (χ1v) is 4.09. The van der Waals surface area contributed by atoms with Crippen LogP contribution in [0.3, 0.4) is 0 Å². The van der Waals surface area contributed by atoms with Gasteiger partial charge in [-0.05, 0) is 13.3 Å². The summed E-state index contributed by atoms with van der Waals surface area (Å²) in [6.07, 6.45) is 1.73. The lowest BCUT2D eigenvalue weighted by Crippen LogP contribution is -2.25. The minimum Gasteiger partial charge on any atom is -0.316 e. The lowest BCUT2D eigenvalue weighted by atomic mass is 10.3. The van der Waals surface area contributed by atoms with E-state index in [2.05, 4.69) is 6.58 Å². The quantitative estimate of drug-likeness (QED) is 0.631. The Morgan fingerprint density at radius 2 is 2.25 bits per heavy atom. The van der Waals surface area contributed by atoms with E-state index in [-0.39, 0.29) is 11.7 Å². The summed E-state index contributed by atoms with van der Waals surface area (Å²) in [5, 5.41) is 0. The molecule has 1 saturated heterocycles. The maximum Gasteiger partial charge on any atom is 0.227 e. The summed E-state index contributed by atoms with van der Waals surface area (Å²) in [5.41, 5.74) is 0.848. The molecule has 1 fully saturated rings. The summed E-state index contributed by atoms with van der Waals surface area (Å²) in [6.45, 7) is 5.80. The molecular weight excluding hydrogens is 154 g/mol. The fraction of sp³-hybridized carbons (Fsp3) is 0.556. The number of rotatable bonds is 3. The third kappa shape index (κ3) is 1.94. The van der Waals surface area contributed by atoms with Gasteiger partial charge in [0.25, 0.3) is 0 Å². The van der Waals surface area contributed by atoms with Crippen LogP contribution in [0.4, 0.5) is 0 Å². The third-order valence-electron chi connectivity index (χ3n) is 2.00. The van der Waals surface area contributed by atoms with Crippen molar-refractivity contribution >= 4 is 11.7 Å². The SMILES string of the molecule is C=C1CCC(=O)N1CCC(C)=O. The molecule has 0 radical (unpaired) electrons. The van der Waals surface area contributed by atoms with Crippen LogP contribution >= 0.6 is 0 Å². The minimum absolute atomic E-state index is 0.0984. The van der Waals surface area contributed by atoms with Crippen molar-refractivity contribution in [3.8, 4) is 0 Å². The number of nitrogens with zero attached hydrogens (tertiary/aromatic N) is 1. The number of Topliss-reactive ketones (excluding diaryl/α,β-unsaturated/α-hetero) is 1. The Labute approximate surface area is 72.0 Å². The first-order chi connectivity index (χ1) is 5.61. The predicted octanol–water partition coefficient (Wildman–Crippen LogP) is 1.10. The first-order valence-electron chi connectivity index (χ1n) is 4.09. The molecule has 0 aliphatic carbocycles. The van der Waals surface area contributed by atoms with Crippen LogP contribution in [0.5, 0.6) is 0 Å². The fourth-order valence-corrected chi connectivity index (χ4v) is 1.25. The highest BCUT2D eigenvalue weighted by molar-refractivity contribution is 5.82. The lowest BCUT2D eigenvalue weighted by molar-refractivity contribution is -0.127. The molecule has 1 aliphatic heterocycles. The molecular formula is C9H13NO2. The molecule has 0 aromatic heterocycles. The lowest BCUT2D eigenvalue weighted by Gasteiger charge is -2.15. The molecule has 0 N–H and O–H groups in total. The average molecular weight is 167 g/mol. The molecule has 0 bridgehead atoms. The van der Waals surface area contributed by atoms with Gasteiger partial charge in [0.05, 0.1) is 0 Å². The van der Waals surface area contributed by atoms with Gasteiger partial charge in [0.15, 0.2) is 0 Å². The van der Waals surface area contributed by atoms with E-state index in [1.807, 2.05) is 0 Å². The molecule has 1 rings (SSSR count). The summed E-state index contributed by atoms with van der Waals surface area (Å²) in [6, 6.07) is 0. The second-order valence-corrected chi connectivity index (χ2v) is 3.06. The second kappa shape index (κ2) is 3.52. The molecule has 1 heterocycles. The van der Waals surface area contributed by atoms with E-state index in [0.29, 0.717) is 19.4 Å². The Bertz CT molecular complexity index is 217. The summed E-state index contributed by atoms with van der Waals surface area (Å²) in [4.78, 5) is 23.4. The Morgan fingerprint density at radius 3 is 2.67 bits per heavy atom. The summed E-state index contributed by atoms with van der Waals surface area (Å²) < 4.78 is 0. The average Bonchev–Trinajstić information content (AvgIpc) is 2.28. The Morgan fingerprint density at radius 1 is 1.58 bits per heavy atom. The topological polar surface area (TPSA) is 37.4 Å². The molecule has 1 aliphatic rings. The van der Waals surface area contributed by atoms with Crippen molar-refractivity contribution in [2.45, 2.75) is 26.2 Å². The van der Waals surface area contributed by atoms with Crippen molar-refractivity contribution in [1.29, 1.82) is 0 Å². The van der Waals surface area contributed by atoms with Gasteiger partial charge < -0.3 is 4.90 Å². The van der Waals surface area contributed by atoms with Crippen molar-refractivity contribution in [3.05, 3.63) is 12.3 Å². The summed E-state index contributed by atoms with van der Waals surface area (Å²) in [5.74, 6) is 0.212. The van der Waals surface area contributed by atoms with Crippen molar-refractivity contribution in [2.24, 2.45) is 0 Å². The zero-order valence-corrected chi connectivity index (χ0v) is 7.30. The van der Waals surface area contributed by atoms with Gasteiger partial charge in [-0.1, -0.05) is 6.58 Å². The molecule has 0 aromatic rings. The Hall–Kier alpha value is -1.12. The summed E-state index contributed by atoms with van der Waals surface area (Å²) in [7, 11) is 0. The van der Waals surface area contributed by atoms with Gasteiger partial charge in [0, 0.05) is 25.1 Å². The Balaban J connectivity index is 2.45. The maximum atomic E-state index is 11.2. The van der Waals surface area contributed by atoms with Gasteiger partial charge >= 0.3 is 0 Å². The molecule has 1 amide bonds. The van der Waals surface area contributed by atoms with E-state index >= 15 is 0 Å². The molecule has 3 nitrogen and oxygen atoms in total. The van der Waals surface area contributed by atoms with E-state index in [4.69, 9.17) is 0 Å². The number of allylic oxidation sites excluding steroid dienone is 1. The van der Waals surface area contributed by atoms with Crippen LogP contribution in [0.2, 0.25) is 0 Å². The zero-order chi connectivity index (χ0) is 9.14. The third-order valence-corrected chi connectivity index (χ3v) is 2.00. The second-order valence-electron chi connectivity index (χ2n) is 3.06. The van der Waals surface area contributed by atoms with Crippen molar-refractivity contribution < 1.29 is 9.59 Å². The van der Waals surface area contributed by atoms with Crippen LogP contribution in [0.25, 0.3) is 0 Å². The predicted molar refractivity (Wildman–Crippen MR) is 45.4 cm³/mol. The van der Waals surface area contributed by atoms with Gasteiger partial charge in [0.2, 0.25) is 5.91 Å². The molecule has 3 heteroatoms. The van der Waals surface area contributed by atoms with Crippen LogP contribution in [-0.2, 0) is 9.59 Å². The van der Waals surface area contributed by atoms with Crippen LogP contribution in [0.1, 0.15) is 26.2 Å². The van der Waals surface area contributed by atoms with Crippen LogP contribution in [0, 0.1) is 0 Å².